The number of rotatable bonds is 5. The first-order chi connectivity index (χ1) is 11.5. The normalized spacial score (nSPS) is 17.2. The molecule has 0 radical (unpaired) electrons. The maximum absolute atomic E-state index is 13.1. The highest BCUT2D eigenvalue weighted by atomic mass is 32.1. The number of hydrogen-bond donors (Lipinski definition) is 0. The van der Waals surface area contributed by atoms with Crippen molar-refractivity contribution in [2.24, 2.45) is 0 Å². The van der Waals surface area contributed by atoms with E-state index in [1.54, 1.807) is 12.1 Å². The van der Waals surface area contributed by atoms with Crippen LogP contribution in [0.15, 0.2) is 36.4 Å². The number of thiophene rings is 1. The molecule has 1 aromatic heterocycles. The van der Waals surface area contributed by atoms with Gasteiger partial charge in [-0.2, -0.15) is 0 Å². The summed E-state index contributed by atoms with van der Waals surface area (Å²) >= 11 is 1.47. The van der Waals surface area contributed by atoms with Crippen LogP contribution in [0.5, 0.6) is 0 Å². The van der Waals surface area contributed by atoms with Crippen LogP contribution in [0.3, 0.4) is 0 Å². The summed E-state index contributed by atoms with van der Waals surface area (Å²) in [5.41, 5.74) is 0.961. The average Bonchev–Trinajstić information content (AvgIpc) is 3.22. The monoisotopic (exact) mass is 345 g/mol. The molecule has 1 unspecified atom stereocenters. The van der Waals surface area contributed by atoms with Crippen molar-refractivity contribution >= 4 is 23.0 Å². The average molecular weight is 345 g/mol. The summed E-state index contributed by atoms with van der Waals surface area (Å²) in [7, 11) is 0. The molecule has 5 heteroatoms. The minimum Gasteiger partial charge on any atom is -0.336 e. The standard InChI is InChI=1S/C19H20FNO2S/c1-13-4-10-18(24-13)17(22)9-11-19(23)21-12-2-3-16(21)14-5-7-15(20)8-6-14/h4-8,10,16H,2-3,9,11-12H2,1H3. The number of halogens is 1. The van der Waals surface area contributed by atoms with Crippen molar-refractivity contribution in [2.75, 3.05) is 6.54 Å². The number of hydrogen-bond acceptors (Lipinski definition) is 3. The van der Waals surface area contributed by atoms with Crippen LogP contribution in [0.2, 0.25) is 0 Å². The zero-order valence-electron chi connectivity index (χ0n) is 13.6. The molecule has 1 saturated heterocycles. The van der Waals surface area contributed by atoms with Gasteiger partial charge >= 0.3 is 0 Å². The van der Waals surface area contributed by atoms with Crippen molar-refractivity contribution < 1.29 is 14.0 Å². The second kappa shape index (κ2) is 7.26. The van der Waals surface area contributed by atoms with E-state index in [1.807, 2.05) is 24.0 Å². The van der Waals surface area contributed by atoms with Crippen molar-refractivity contribution in [1.82, 2.24) is 4.90 Å². The van der Waals surface area contributed by atoms with Gasteiger partial charge in [0.15, 0.2) is 5.78 Å². The number of nitrogens with zero attached hydrogens (tertiary/aromatic N) is 1. The van der Waals surface area contributed by atoms with Crippen molar-refractivity contribution in [3.63, 3.8) is 0 Å². The number of ketones is 1. The quantitative estimate of drug-likeness (QED) is 0.747. The molecule has 0 aliphatic carbocycles. The lowest BCUT2D eigenvalue weighted by Gasteiger charge is -2.25. The molecular formula is C19H20FNO2S. The van der Waals surface area contributed by atoms with Gasteiger partial charge in [0.2, 0.25) is 5.91 Å². The third-order valence-electron chi connectivity index (χ3n) is 4.41. The van der Waals surface area contributed by atoms with E-state index < -0.39 is 0 Å². The molecule has 24 heavy (non-hydrogen) atoms. The summed E-state index contributed by atoms with van der Waals surface area (Å²) in [5.74, 6) is -0.242. The molecule has 1 fully saturated rings. The zero-order valence-corrected chi connectivity index (χ0v) is 14.4. The Kier molecular flexibility index (Phi) is 5.09. The molecular weight excluding hydrogens is 325 g/mol. The van der Waals surface area contributed by atoms with Crippen LogP contribution in [0.25, 0.3) is 0 Å². The predicted molar refractivity (Wildman–Crippen MR) is 92.7 cm³/mol. The summed E-state index contributed by atoms with van der Waals surface area (Å²) in [6.45, 7) is 2.66. The Labute approximate surface area is 145 Å². The third-order valence-corrected chi connectivity index (χ3v) is 5.45. The number of Topliss-reactive ketones (excluding diaryl/α,β-unsaturated/α-hetero) is 1. The van der Waals surface area contributed by atoms with Crippen molar-refractivity contribution in [2.45, 2.75) is 38.6 Å². The lowest BCUT2D eigenvalue weighted by Crippen LogP contribution is -2.30. The van der Waals surface area contributed by atoms with E-state index in [4.69, 9.17) is 0 Å². The number of carbonyl (C=O) groups is 2. The molecule has 1 aliphatic rings. The van der Waals surface area contributed by atoms with Gasteiger partial charge in [0, 0.05) is 24.3 Å². The SMILES string of the molecule is Cc1ccc(C(=O)CCC(=O)N2CCCC2c2ccc(F)cc2)s1. The molecule has 0 spiro atoms. The van der Waals surface area contributed by atoms with Crippen LogP contribution in [-0.4, -0.2) is 23.1 Å². The minimum absolute atomic E-state index is 0.00261. The van der Waals surface area contributed by atoms with Crippen LogP contribution < -0.4 is 0 Å². The fourth-order valence-electron chi connectivity index (χ4n) is 3.17. The summed E-state index contributed by atoms with van der Waals surface area (Å²) in [4.78, 5) is 28.4. The van der Waals surface area contributed by atoms with Gasteiger partial charge in [-0.1, -0.05) is 12.1 Å². The van der Waals surface area contributed by atoms with Gasteiger partial charge < -0.3 is 4.90 Å². The highest BCUT2D eigenvalue weighted by molar-refractivity contribution is 7.14. The molecule has 3 nitrogen and oxygen atoms in total. The van der Waals surface area contributed by atoms with E-state index in [0.29, 0.717) is 6.54 Å². The van der Waals surface area contributed by atoms with E-state index >= 15 is 0 Å². The topological polar surface area (TPSA) is 37.4 Å². The first-order valence-electron chi connectivity index (χ1n) is 8.19. The van der Waals surface area contributed by atoms with Gasteiger partial charge in [-0.25, -0.2) is 4.39 Å². The molecule has 1 amide bonds. The number of amides is 1. The number of aryl methyl sites for hydroxylation is 1. The molecule has 1 atom stereocenters. The molecule has 0 bridgehead atoms. The smallest absolute Gasteiger partial charge is 0.223 e. The second-order valence-electron chi connectivity index (χ2n) is 6.13. The number of carbonyl (C=O) groups excluding carboxylic acids is 2. The maximum Gasteiger partial charge on any atom is 0.223 e. The highest BCUT2D eigenvalue weighted by Crippen LogP contribution is 2.32. The molecule has 1 aromatic carbocycles. The molecule has 3 rings (SSSR count). The lowest BCUT2D eigenvalue weighted by molar-refractivity contribution is -0.132. The van der Waals surface area contributed by atoms with Gasteiger partial charge in [-0.15, -0.1) is 11.3 Å². The number of likely N-dealkylation sites (tertiary alicyclic amines) is 1. The predicted octanol–water partition coefficient (Wildman–Crippen LogP) is 4.52. The summed E-state index contributed by atoms with van der Waals surface area (Å²) in [5, 5.41) is 0. The Hall–Kier alpha value is -2.01. The van der Waals surface area contributed by atoms with Gasteiger partial charge in [-0.05, 0) is 49.6 Å². The molecule has 0 N–H and O–H groups in total. The summed E-state index contributed by atoms with van der Waals surface area (Å²) < 4.78 is 13.1. The van der Waals surface area contributed by atoms with E-state index in [2.05, 4.69) is 0 Å². The Balaban J connectivity index is 1.61. The van der Waals surface area contributed by atoms with Crippen molar-refractivity contribution in [1.29, 1.82) is 0 Å². The van der Waals surface area contributed by atoms with Gasteiger partial charge in [0.1, 0.15) is 5.82 Å². The Morgan fingerprint density at radius 2 is 1.92 bits per heavy atom. The Morgan fingerprint density at radius 1 is 1.17 bits per heavy atom. The Bertz CT molecular complexity index is 738. The third kappa shape index (κ3) is 3.73. The van der Waals surface area contributed by atoms with E-state index in [9.17, 15) is 14.0 Å². The summed E-state index contributed by atoms with van der Waals surface area (Å²) in [6, 6.07) is 10.1. The fourth-order valence-corrected chi connectivity index (χ4v) is 4.00. The molecule has 2 aromatic rings. The van der Waals surface area contributed by atoms with Gasteiger partial charge in [-0.3, -0.25) is 9.59 Å². The fraction of sp³-hybridized carbons (Fsp3) is 0.368. The zero-order chi connectivity index (χ0) is 17.1. The van der Waals surface area contributed by atoms with E-state index in [0.717, 1.165) is 28.2 Å². The van der Waals surface area contributed by atoms with Crippen LogP contribution >= 0.6 is 11.3 Å². The highest BCUT2D eigenvalue weighted by Gasteiger charge is 2.29. The first-order valence-corrected chi connectivity index (χ1v) is 9.01. The molecule has 0 saturated carbocycles. The Morgan fingerprint density at radius 3 is 2.58 bits per heavy atom. The largest absolute Gasteiger partial charge is 0.336 e. The van der Waals surface area contributed by atoms with Crippen LogP contribution in [0.4, 0.5) is 4.39 Å². The van der Waals surface area contributed by atoms with Crippen molar-refractivity contribution in [3.05, 3.63) is 57.5 Å². The van der Waals surface area contributed by atoms with E-state index in [1.165, 1.54) is 23.5 Å². The second-order valence-corrected chi connectivity index (χ2v) is 7.42. The summed E-state index contributed by atoms with van der Waals surface area (Å²) in [6.07, 6.45) is 2.29. The maximum atomic E-state index is 13.1. The van der Waals surface area contributed by atoms with Crippen LogP contribution in [0.1, 0.15) is 51.8 Å². The number of benzene rings is 1. The van der Waals surface area contributed by atoms with Crippen LogP contribution in [-0.2, 0) is 4.79 Å². The molecule has 1 aliphatic heterocycles. The molecule has 2 heterocycles. The van der Waals surface area contributed by atoms with Gasteiger partial charge in [0.25, 0.3) is 0 Å². The first kappa shape index (κ1) is 16.8. The van der Waals surface area contributed by atoms with E-state index in [-0.39, 0.29) is 36.4 Å². The van der Waals surface area contributed by atoms with Crippen molar-refractivity contribution in [3.8, 4) is 0 Å². The van der Waals surface area contributed by atoms with Gasteiger partial charge in [0.05, 0.1) is 10.9 Å². The lowest BCUT2D eigenvalue weighted by atomic mass is 10.0. The molecule has 126 valence electrons. The van der Waals surface area contributed by atoms with Crippen LogP contribution in [0, 0.1) is 12.7 Å². The minimum atomic E-state index is -0.272.